The van der Waals surface area contributed by atoms with Crippen LogP contribution in [-0.2, 0) is 16.5 Å². The van der Waals surface area contributed by atoms with Gasteiger partial charge in [0, 0.05) is 30.4 Å². The topological polar surface area (TPSA) is 59.5 Å². The summed E-state index contributed by atoms with van der Waals surface area (Å²) in [5.41, 5.74) is -4.33. The van der Waals surface area contributed by atoms with Gasteiger partial charge in [-0.1, -0.05) is 0 Å². The minimum Gasteiger partial charge on any atom is -0.375 e. The van der Waals surface area contributed by atoms with E-state index >= 15 is 0 Å². The van der Waals surface area contributed by atoms with E-state index in [9.17, 15) is 21.6 Å². The van der Waals surface area contributed by atoms with E-state index in [1.165, 1.54) is 6.92 Å². The molecule has 0 N–H and O–H groups in total. The Morgan fingerprint density at radius 3 is 2.45 bits per heavy atom. The van der Waals surface area contributed by atoms with Gasteiger partial charge >= 0.3 is 15.6 Å². The van der Waals surface area contributed by atoms with Crippen LogP contribution in [0.1, 0.15) is 16.8 Å². The smallest absolute Gasteiger partial charge is 0.375 e. The number of halogens is 3. The Kier molecular flexibility index (Phi) is 3.35. The zero-order chi connectivity index (χ0) is 15.3. The second-order valence-corrected chi connectivity index (χ2v) is 6.15. The molecule has 0 saturated heterocycles. The first-order chi connectivity index (χ1) is 9.04. The van der Waals surface area contributed by atoms with Gasteiger partial charge in [-0.05, 0) is 20.3 Å². The van der Waals surface area contributed by atoms with Crippen LogP contribution in [0.15, 0.2) is 0 Å². The lowest BCUT2D eigenvalue weighted by molar-refractivity contribution is -0.0500. The molecule has 2 heterocycles. The van der Waals surface area contributed by atoms with Crippen LogP contribution in [0.5, 0.6) is 5.75 Å². The highest BCUT2D eigenvalue weighted by atomic mass is 32.2. The van der Waals surface area contributed by atoms with E-state index in [1.807, 2.05) is 0 Å². The number of likely N-dealkylation sites (N-methyl/N-ethyl adjacent to an activating group) is 1. The fraction of sp³-hybridized carbons (Fsp3) is 0.545. The summed E-state index contributed by atoms with van der Waals surface area (Å²) in [6.07, 6.45) is 0.392. The van der Waals surface area contributed by atoms with E-state index in [2.05, 4.69) is 9.17 Å². The van der Waals surface area contributed by atoms with Gasteiger partial charge in [-0.15, -0.1) is 0 Å². The predicted octanol–water partition coefficient (Wildman–Crippen LogP) is 1.92. The van der Waals surface area contributed by atoms with E-state index in [-0.39, 0.29) is 5.75 Å². The summed E-state index contributed by atoms with van der Waals surface area (Å²) >= 11 is 0. The lowest BCUT2D eigenvalue weighted by atomic mass is 10.1. The van der Waals surface area contributed by atoms with Gasteiger partial charge in [-0.3, -0.25) is 0 Å². The number of alkyl halides is 3. The van der Waals surface area contributed by atoms with Gasteiger partial charge in [0.1, 0.15) is 5.82 Å². The van der Waals surface area contributed by atoms with Gasteiger partial charge in [0.25, 0.3) is 0 Å². The highest BCUT2D eigenvalue weighted by Crippen LogP contribution is 2.39. The highest BCUT2D eigenvalue weighted by molar-refractivity contribution is 7.88. The molecule has 0 bridgehead atoms. The average molecular weight is 310 g/mol. The number of nitrogens with zero attached hydrogens (tertiary/aromatic N) is 2. The number of hydrogen-bond donors (Lipinski definition) is 0. The summed E-state index contributed by atoms with van der Waals surface area (Å²) in [5.74, 6) is 0.203. The third kappa shape index (κ3) is 2.30. The van der Waals surface area contributed by atoms with E-state index in [0.717, 1.165) is 0 Å². The van der Waals surface area contributed by atoms with Crippen LogP contribution >= 0.6 is 0 Å². The Balaban J connectivity index is 2.57. The van der Waals surface area contributed by atoms with Crippen LogP contribution in [0.4, 0.5) is 19.0 Å². The summed E-state index contributed by atoms with van der Waals surface area (Å²) in [5, 5.41) is 0. The van der Waals surface area contributed by atoms with Crippen molar-refractivity contribution in [3.8, 4) is 5.75 Å². The van der Waals surface area contributed by atoms with Crippen molar-refractivity contribution in [2.24, 2.45) is 0 Å². The normalized spacial score (nSPS) is 15.4. The fourth-order valence-electron chi connectivity index (χ4n) is 2.00. The minimum absolute atomic E-state index is 0.255. The lowest BCUT2D eigenvalue weighted by Crippen LogP contribution is -2.28. The molecule has 0 radical (unpaired) electrons. The minimum atomic E-state index is -5.68. The summed E-state index contributed by atoms with van der Waals surface area (Å²) in [4.78, 5) is 6.00. The molecule has 112 valence electrons. The summed E-state index contributed by atoms with van der Waals surface area (Å²) in [6, 6.07) is 0. The molecule has 5 nitrogen and oxygen atoms in total. The monoisotopic (exact) mass is 310 g/mol. The quantitative estimate of drug-likeness (QED) is 0.617. The van der Waals surface area contributed by atoms with Crippen LogP contribution in [0.3, 0.4) is 0 Å². The number of pyridine rings is 1. The van der Waals surface area contributed by atoms with E-state index in [0.29, 0.717) is 35.6 Å². The molecule has 0 atom stereocenters. The first-order valence-corrected chi connectivity index (χ1v) is 7.17. The number of aromatic nitrogens is 1. The molecule has 1 aromatic rings. The van der Waals surface area contributed by atoms with Crippen LogP contribution in [-0.4, -0.2) is 32.5 Å². The van der Waals surface area contributed by atoms with E-state index in [4.69, 9.17) is 0 Å². The van der Waals surface area contributed by atoms with Crippen LogP contribution < -0.4 is 9.08 Å². The van der Waals surface area contributed by atoms with Gasteiger partial charge in [-0.2, -0.15) is 21.6 Å². The van der Waals surface area contributed by atoms with Crippen LogP contribution in [0.2, 0.25) is 0 Å². The molecule has 0 aromatic carbocycles. The van der Waals surface area contributed by atoms with Gasteiger partial charge < -0.3 is 9.08 Å². The maximum Gasteiger partial charge on any atom is 0.534 e. The number of rotatable bonds is 2. The lowest BCUT2D eigenvalue weighted by Gasteiger charge is -2.17. The number of fused-ring (bicyclic) bond motifs is 1. The fourth-order valence-corrected chi connectivity index (χ4v) is 2.54. The Bertz CT molecular complexity index is 656. The molecule has 0 unspecified atom stereocenters. The molecule has 1 aromatic heterocycles. The molecule has 0 aliphatic carbocycles. The van der Waals surface area contributed by atoms with Crippen molar-refractivity contribution < 1.29 is 25.8 Å². The zero-order valence-corrected chi connectivity index (χ0v) is 11.9. The second-order valence-electron chi connectivity index (χ2n) is 4.61. The third-order valence-corrected chi connectivity index (χ3v) is 4.19. The van der Waals surface area contributed by atoms with Crippen molar-refractivity contribution >= 4 is 15.9 Å². The zero-order valence-electron chi connectivity index (χ0n) is 11.1. The van der Waals surface area contributed by atoms with Crippen molar-refractivity contribution in [2.45, 2.75) is 25.8 Å². The van der Waals surface area contributed by atoms with E-state index < -0.39 is 15.6 Å². The third-order valence-electron chi connectivity index (χ3n) is 3.24. The standard InChI is InChI=1S/C11H13F3N2O3S/c1-6-7(2)15-10-8(4-5-16(10)3)9(6)19-20(17,18)11(12,13)14/h4-5H2,1-3H3. The molecule has 1 aliphatic heterocycles. The largest absolute Gasteiger partial charge is 0.534 e. The van der Waals surface area contributed by atoms with Gasteiger partial charge in [0.05, 0.1) is 0 Å². The highest BCUT2D eigenvalue weighted by Gasteiger charge is 2.49. The Labute approximate surface area is 114 Å². The first-order valence-electron chi connectivity index (χ1n) is 5.76. The number of hydrogen-bond acceptors (Lipinski definition) is 5. The van der Waals surface area contributed by atoms with Crippen LogP contribution in [0.25, 0.3) is 0 Å². The summed E-state index contributed by atoms with van der Waals surface area (Å²) in [6.45, 7) is 3.63. The molecule has 2 rings (SSSR count). The molecule has 0 spiro atoms. The Hall–Kier alpha value is -1.51. The molecule has 0 fully saturated rings. The molecule has 9 heteroatoms. The average Bonchev–Trinajstić information content (AvgIpc) is 2.65. The summed E-state index contributed by atoms with van der Waals surface area (Å²) in [7, 11) is -3.94. The summed E-state index contributed by atoms with van der Waals surface area (Å²) < 4.78 is 64.0. The Morgan fingerprint density at radius 1 is 1.30 bits per heavy atom. The van der Waals surface area contributed by atoms with E-state index in [1.54, 1.807) is 18.9 Å². The molecule has 20 heavy (non-hydrogen) atoms. The van der Waals surface area contributed by atoms with Crippen LogP contribution in [0, 0.1) is 13.8 Å². The first kappa shape index (κ1) is 14.9. The molecular weight excluding hydrogens is 297 g/mol. The number of anilines is 1. The van der Waals surface area contributed by atoms with Crippen molar-refractivity contribution in [1.82, 2.24) is 4.98 Å². The van der Waals surface area contributed by atoms with Gasteiger partial charge in [0.15, 0.2) is 5.75 Å². The molecule has 1 aliphatic rings. The van der Waals surface area contributed by atoms with Crippen molar-refractivity contribution in [1.29, 1.82) is 0 Å². The van der Waals surface area contributed by atoms with Crippen molar-refractivity contribution in [3.63, 3.8) is 0 Å². The molecule has 0 saturated carbocycles. The maximum absolute atomic E-state index is 12.4. The molecular formula is C11H13F3N2O3S. The predicted molar refractivity (Wildman–Crippen MR) is 66.3 cm³/mol. The SMILES string of the molecule is Cc1nc2c(c(OS(=O)(=O)C(F)(F)F)c1C)CCN2C. The molecule has 0 amide bonds. The van der Waals surface area contributed by atoms with Gasteiger partial charge in [-0.25, -0.2) is 4.98 Å². The van der Waals surface area contributed by atoms with Gasteiger partial charge in [0.2, 0.25) is 0 Å². The van der Waals surface area contributed by atoms with Crippen molar-refractivity contribution in [3.05, 3.63) is 16.8 Å². The number of aryl methyl sites for hydroxylation is 1. The second kappa shape index (κ2) is 4.51. The van der Waals surface area contributed by atoms with Crippen molar-refractivity contribution in [2.75, 3.05) is 18.5 Å². The Morgan fingerprint density at radius 2 is 1.90 bits per heavy atom. The maximum atomic E-state index is 12.4.